The van der Waals surface area contributed by atoms with Crippen LogP contribution in [0.3, 0.4) is 0 Å². The van der Waals surface area contributed by atoms with Crippen molar-refractivity contribution in [3.8, 4) is 0 Å². The van der Waals surface area contributed by atoms with Crippen LogP contribution in [-0.2, 0) is 18.8 Å². The highest BCUT2D eigenvalue weighted by molar-refractivity contribution is 5.38. The SMILES string of the molecule is OCCc1ccc2c(c1)C(F)(F)CC2. The fourth-order valence-electron chi connectivity index (χ4n) is 1.89. The van der Waals surface area contributed by atoms with Gasteiger partial charge in [0.05, 0.1) is 0 Å². The Morgan fingerprint density at radius 3 is 2.86 bits per heavy atom. The summed E-state index contributed by atoms with van der Waals surface area (Å²) in [5.74, 6) is -2.67. The lowest BCUT2D eigenvalue weighted by Crippen LogP contribution is -2.08. The molecule has 0 saturated carbocycles. The second kappa shape index (κ2) is 3.31. The van der Waals surface area contributed by atoms with Gasteiger partial charge in [0.1, 0.15) is 0 Å². The van der Waals surface area contributed by atoms with E-state index >= 15 is 0 Å². The highest BCUT2D eigenvalue weighted by Crippen LogP contribution is 2.41. The second-order valence-electron chi connectivity index (χ2n) is 3.67. The average molecular weight is 198 g/mol. The van der Waals surface area contributed by atoms with Gasteiger partial charge < -0.3 is 5.11 Å². The first-order valence-corrected chi connectivity index (χ1v) is 4.74. The fourth-order valence-corrected chi connectivity index (χ4v) is 1.89. The zero-order chi connectivity index (χ0) is 10.2. The number of rotatable bonds is 2. The Labute approximate surface area is 81.4 Å². The molecular formula is C11H12F2O. The zero-order valence-corrected chi connectivity index (χ0v) is 7.76. The number of fused-ring (bicyclic) bond motifs is 1. The number of alkyl halides is 2. The topological polar surface area (TPSA) is 20.2 Å². The van der Waals surface area contributed by atoms with Crippen molar-refractivity contribution < 1.29 is 13.9 Å². The third-order valence-electron chi connectivity index (χ3n) is 2.68. The van der Waals surface area contributed by atoms with Gasteiger partial charge in [0, 0.05) is 18.6 Å². The largest absolute Gasteiger partial charge is 0.396 e. The van der Waals surface area contributed by atoms with Crippen molar-refractivity contribution in [2.75, 3.05) is 6.61 Å². The summed E-state index contributed by atoms with van der Waals surface area (Å²) < 4.78 is 26.6. The van der Waals surface area contributed by atoms with Crippen LogP contribution in [0.5, 0.6) is 0 Å². The van der Waals surface area contributed by atoms with Gasteiger partial charge in [-0.2, -0.15) is 0 Å². The number of hydrogen-bond donors (Lipinski definition) is 1. The van der Waals surface area contributed by atoms with Crippen LogP contribution < -0.4 is 0 Å². The molecule has 1 aliphatic rings. The predicted molar refractivity (Wildman–Crippen MR) is 49.4 cm³/mol. The summed E-state index contributed by atoms with van der Waals surface area (Å²) in [6.45, 7) is 0.00432. The van der Waals surface area contributed by atoms with E-state index in [9.17, 15) is 8.78 Å². The maximum Gasteiger partial charge on any atom is 0.273 e. The van der Waals surface area contributed by atoms with Crippen LogP contribution >= 0.6 is 0 Å². The molecule has 0 radical (unpaired) electrons. The lowest BCUT2D eigenvalue weighted by Gasteiger charge is -2.10. The Morgan fingerprint density at radius 2 is 2.14 bits per heavy atom. The van der Waals surface area contributed by atoms with E-state index in [0.717, 1.165) is 11.1 Å². The Balaban J connectivity index is 2.38. The van der Waals surface area contributed by atoms with Gasteiger partial charge in [-0.05, 0) is 30.0 Å². The molecule has 1 aromatic rings. The van der Waals surface area contributed by atoms with Gasteiger partial charge in [0.25, 0.3) is 5.92 Å². The number of hydrogen-bond acceptors (Lipinski definition) is 1. The molecule has 0 aliphatic heterocycles. The van der Waals surface area contributed by atoms with E-state index in [2.05, 4.69) is 0 Å². The second-order valence-corrected chi connectivity index (χ2v) is 3.67. The zero-order valence-electron chi connectivity index (χ0n) is 7.76. The molecule has 1 N–H and O–H groups in total. The molecule has 1 nitrogen and oxygen atoms in total. The van der Waals surface area contributed by atoms with Crippen molar-refractivity contribution in [3.63, 3.8) is 0 Å². The lowest BCUT2D eigenvalue weighted by atomic mass is 10.0. The standard InChI is InChI=1S/C11H12F2O/c12-11(13)5-3-9-2-1-8(4-6-14)7-10(9)11/h1-2,7,14H,3-6H2. The minimum Gasteiger partial charge on any atom is -0.396 e. The van der Waals surface area contributed by atoms with Gasteiger partial charge in [-0.15, -0.1) is 0 Å². The van der Waals surface area contributed by atoms with Crippen molar-refractivity contribution in [3.05, 3.63) is 34.9 Å². The van der Waals surface area contributed by atoms with E-state index < -0.39 is 5.92 Å². The molecule has 1 aliphatic carbocycles. The maximum atomic E-state index is 13.3. The normalized spacial score (nSPS) is 18.2. The van der Waals surface area contributed by atoms with Crippen LogP contribution in [0, 0.1) is 0 Å². The summed E-state index contributed by atoms with van der Waals surface area (Å²) in [4.78, 5) is 0. The van der Waals surface area contributed by atoms with Crippen LogP contribution in [0.1, 0.15) is 23.1 Å². The molecule has 76 valence electrons. The molecule has 0 amide bonds. The predicted octanol–water partition coefficient (Wildman–Crippen LogP) is 2.26. The van der Waals surface area contributed by atoms with Crippen molar-refractivity contribution in [2.24, 2.45) is 0 Å². The minimum absolute atomic E-state index is 0.00432. The first kappa shape index (κ1) is 9.59. The van der Waals surface area contributed by atoms with Crippen LogP contribution in [0.2, 0.25) is 0 Å². The third-order valence-corrected chi connectivity index (χ3v) is 2.68. The van der Waals surface area contributed by atoms with Crippen LogP contribution in [-0.4, -0.2) is 11.7 Å². The van der Waals surface area contributed by atoms with E-state index in [1.165, 1.54) is 6.07 Å². The van der Waals surface area contributed by atoms with Gasteiger partial charge in [0.15, 0.2) is 0 Å². The van der Waals surface area contributed by atoms with Crippen LogP contribution in [0.15, 0.2) is 18.2 Å². The molecule has 0 spiro atoms. The average Bonchev–Trinajstić information content (AvgIpc) is 2.44. The van der Waals surface area contributed by atoms with Crippen molar-refractivity contribution in [1.82, 2.24) is 0 Å². The number of benzene rings is 1. The van der Waals surface area contributed by atoms with Gasteiger partial charge in [-0.3, -0.25) is 0 Å². The molecule has 14 heavy (non-hydrogen) atoms. The van der Waals surface area contributed by atoms with E-state index in [1.54, 1.807) is 6.07 Å². The number of aliphatic hydroxyl groups excluding tert-OH is 1. The molecule has 0 saturated heterocycles. The Morgan fingerprint density at radius 1 is 1.36 bits per heavy atom. The molecule has 2 rings (SSSR count). The fraction of sp³-hybridized carbons (Fsp3) is 0.455. The molecule has 0 heterocycles. The molecule has 0 atom stereocenters. The highest BCUT2D eigenvalue weighted by atomic mass is 19.3. The summed E-state index contributed by atoms with van der Waals surface area (Å²) in [5.41, 5.74) is 1.69. The van der Waals surface area contributed by atoms with E-state index in [0.29, 0.717) is 12.8 Å². The van der Waals surface area contributed by atoms with Gasteiger partial charge in [0.2, 0.25) is 0 Å². The van der Waals surface area contributed by atoms with E-state index in [4.69, 9.17) is 5.11 Å². The summed E-state index contributed by atoms with van der Waals surface area (Å²) >= 11 is 0. The Hall–Kier alpha value is -0.960. The molecule has 0 bridgehead atoms. The smallest absolute Gasteiger partial charge is 0.273 e. The first-order valence-electron chi connectivity index (χ1n) is 4.74. The molecule has 3 heteroatoms. The highest BCUT2D eigenvalue weighted by Gasteiger charge is 2.38. The maximum absolute atomic E-state index is 13.3. The molecule has 1 aromatic carbocycles. The molecule has 0 fully saturated rings. The summed E-state index contributed by atoms with van der Waals surface area (Å²) in [6, 6.07) is 5.09. The number of aryl methyl sites for hydroxylation is 1. The van der Waals surface area contributed by atoms with E-state index in [1.807, 2.05) is 6.07 Å². The quantitative estimate of drug-likeness (QED) is 0.772. The molecular weight excluding hydrogens is 186 g/mol. The van der Waals surface area contributed by atoms with Crippen molar-refractivity contribution in [2.45, 2.75) is 25.2 Å². The van der Waals surface area contributed by atoms with Gasteiger partial charge >= 0.3 is 0 Å². The minimum atomic E-state index is -2.67. The number of halogens is 2. The molecule has 0 aromatic heterocycles. The van der Waals surface area contributed by atoms with Gasteiger partial charge in [-0.1, -0.05) is 12.1 Å². The third kappa shape index (κ3) is 1.52. The molecule has 0 unspecified atom stereocenters. The summed E-state index contributed by atoms with van der Waals surface area (Å²) in [6.07, 6.45) is 0.829. The number of aliphatic hydroxyl groups is 1. The van der Waals surface area contributed by atoms with Gasteiger partial charge in [-0.25, -0.2) is 8.78 Å². The van der Waals surface area contributed by atoms with E-state index in [-0.39, 0.29) is 18.6 Å². The Kier molecular flexibility index (Phi) is 2.27. The summed E-state index contributed by atoms with van der Waals surface area (Å²) in [7, 11) is 0. The first-order chi connectivity index (χ1) is 6.63. The monoisotopic (exact) mass is 198 g/mol. The van der Waals surface area contributed by atoms with Crippen LogP contribution in [0.4, 0.5) is 8.78 Å². The van der Waals surface area contributed by atoms with Crippen molar-refractivity contribution >= 4 is 0 Å². The van der Waals surface area contributed by atoms with Crippen LogP contribution in [0.25, 0.3) is 0 Å². The summed E-state index contributed by atoms with van der Waals surface area (Å²) in [5, 5.41) is 8.71. The Bertz CT molecular complexity index is 347. The lowest BCUT2D eigenvalue weighted by molar-refractivity contribution is -0.00191. The van der Waals surface area contributed by atoms with Crippen molar-refractivity contribution in [1.29, 1.82) is 0 Å².